The van der Waals surface area contributed by atoms with Gasteiger partial charge in [0.2, 0.25) is 0 Å². The first-order valence-electron chi connectivity index (χ1n) is 13.1. The fourth-order valence-corrected chi connectivity index (χ4v) is 5.68. The van der Waals surface area contributed by atoms with Crippen molar-refractivity contribution in [2.24, 2.45) is 0 Å². The molecule has 11 heteroatoms. The molecule has 0 bridgehead atoms. The van der Waals surface area contributed by atoms with Crippen molar-refractivity contribution < 1.29 is 27.5 Å². The predicted octanol–water partition coefficient (Wildman–Crippen LogP) is 4.94. The molecule has 216 valence electrons. The Balaban J connectivity index is 1.24. The van der Waals surface area contributed by atoms with Gasteiger partial charge in [0.25, 0.3) is 21.8 Å². The first-order chi connectivity index (χ1) is 20.2. The van der Waals surface area contributed by atoms with Crippen molar-refractivity contribution in [3.8, 4) is 11.5 Å². The third-order valence-corrected chi connectivity index (χ3v) is 8.21. The van der Waals surface area contributed by atoms with Gasteiger partial charge in [0.1, 0.15) is 11.5 Å². The highest BCUT2D eigenvalue weighted by Gasteiger charge is 2.34. The fourth-order valence-electron chi connectivity index (χ4n) is 4.41. The molecular formula is C31H28ClN3O6S. The van der Waals surface area contributed by atoms with E-state index in [1.807, 2.05) is 30.3 Å². The molecule has 0 aromatic heterocycles. The van der Waals surface area contributed by atoms with Crippen LogP contribution in [0.15, 0.2) is 102 Å². The van der Waals surface area contributed by atoms with Gasteiger partial charge in [-0.2, -0.15) is 0 Å². The number of hydrogen-bond donors (Lipinski definition) is 2. The van der Waals surface area contributed by atoms with E-state index in [1.54, 1.807) is 55.5 Å². The zero-order valence-electron chi connectivity index (χ0n) is 22.6. The van der Waals surface area contributed by atoms with Gasteiger partial charge in [0.05, 0.1) is 17.1 Å². The highest BCUT2D eigenvalue weighted by Crippen LogP contribution is 2.33. The molecule has 42 heavy (non-hydrogen) atoms. The van der Waals surface area contributed by atoms with Crippen LogP contribution >= 0.6 is 11.6 Å². The van der Waals surface area contributed by atoms with Crippen molar-refractivity contribution in [2.75, 3.05) is 22.8 Å². The van der Waals surface area contributed by atoms with Crippen LogP contribution in [0.5, 0.6) is 11.5 Å². The molecule has 2 N–H and O–H groups in total. The normalized spacial score (nSPS) is 14.3. The van der Waals surface area contributed by atoms with Gasteiger partial charge in [0.15, 0.2) is 12.7 Å². The van der Waals surface area contributed by atoms with Crippen molar-refractivity contribution in [2.45, 2.75) is 24.5 Å². The Morgan fingerprint density at radius 2 is 1.69 bits per heavy atom. The Morgan fingerprint density at radius 3 is 2.43 bits per heavy atom. The summed E-state index contributed by atoms with van der Waals surface area (Å²) in [5.74, 6) is 0.0439. The maximum absolute atomic E-state index is 13.3. The van der Waals surface area contributed by atoms with E-state index < -0.39 is 16.1 Å². The number of halogens is 1. The van der Waals surface area contributed by atoms with Gasteiger partial charge in [-0.05, 0) is 72.6 Å². The summed E-state index contributed by atoms with van der Waals surface area (Å²) in [5, 5.41) is 3.36. The molecule has 1 aliphatic heterocycles. The first-order valence-corrected chi connectivity index (χ1v) is 15.0. The van der Waals surface area contributed by atoms with Gasteiger partial charge >= 0.3 is 0 Å². The van der Waals surface area contributed by atoms with Crippen molar-refractivity contribution in [1.29, 1.82) is 0 Å². The Morgan fingerprint density at radius 1 is 0.976 bits per heavy atom. The number of anilines is 2. The molecular weight excluding hydrogens is 578 g/mol. The number of sulfonamides is 1. The summed E-state index contributed by atoms with van der Waals surface area (Å²) in [5.41, 5.74) is 2.38. The van der Waals surface area contributed by atoms with Gasteiger partial charge in [-0.15, -0.1) is 0 Å². The van der Waals surface area contributed by atoms with Crippen molar-refractivity contribution in [3.05, 3.63) is 113 Å². The van der Waals surface area contributed by atoms with Crippen LogP contribution in [0.3, 0.4) is 0 Å². The van der Waals surface area contributed by atoms with E-state index in [-0.39, 0.29) is 29.9 Å². The minimum Gasteiger partial charge on any atom is -0.483 e. The molecule has 0 fully saturated rings. The largest absolute Gasteiger partial charge is 0.483 e. The minimum absolute atomic E-state index is 0.00631. The Bertz CT molecular complexity index is 1700. The van der Waals surface area contributed by atoms with E-state index in [1.165, 1.54) is 23.1 Å². The second-order valence-electron chi connectivity index (χ2n) is 9.61. The van der Waals surface area contributed by atoms with E-state index >= 15 is 0 Å². The van der Waals surface area contributed by atoms with Gasteiger partial charge in [-0.3, -0.25) is 14.3 Å². The van der Waals surface area contributed by atoms with E-state index in [9.17, 15) is 18.0 Å². The quantitative estimate of drug-likeness (QED) is 0.279. The molecule has 0 saturated carbocycles. The predicted molar refractivity (Wildman–Crippen MR) is 160 cm³/mol. The maximum atomic E-state index is 13.3. The van der Waals surface area contributed by atoms with Crippen LogP contribution < -0.4 is 24.4 Å². The topological polar surface area (TPSA) is 114 Å². The number of para-hydroxylation sites is 2. The van der Waals surface area contributed by atoms with E-state index in [2.05, 4.69) is 10.0 Å². The molecule has 1 heterocycles. The number of carbonyl (C=O) groups excluding carboxylic acids is 2. The molecule has 4 aromatic carbocycles. The number of fused-ring (bicyclic) bond motifs is 1. The summed E-state index contributed by atoms with van der Waals surface area (Å²) in [4.78, 5) is 27.8. The van der Waals surface area contributed by atoms with E-state index in [0.29, 0.717) is 40.0 Å². The first kappa shape index (κ1) is 29.0. The van der Waals surface area contributed by atoms with Crippen LogP contribution in [0.2, 0.25) is 5.02 Å². The molecule has 0 saturated heterocycles. The van der Waals surface area contributed by atoms with Gasteiger partial charge in [0, 0.05) is 17.3 Å². The summed E-state index contributed by atoms with van der Waals surface area (Å²) in [6.07, 6.45) is -0.910. The second kappa shape index (κ2) is 12.5. The zero-order valence-corrected chi connectivity index (χ0v) is 24.2. The molecule has 1 atom stereocenters. The standard InChI is InChI=1S/C31H28ClN3O6S/c1-21-17-25(42(38,39)34-24-13-11-23(32)12-14-24)15-16-27(21)40-20-30(36)35-19-29(41-28-10-6-5-9-26(28)35)31(37)33-18-22-7-3-2-4-8-22/h2-17,29,34H,18-20H2,1H3,(H,33,37)/t29-/m1/s1. The van der Waals surface area contributed by atoms with Gasteiger partial charge in [-0.1, -0.05) is 54.1 Å². The van der Waals surface area contributed by atoms with Crippen LogP contribution in [0.4, 0.5) is 11.4 Å². The zero-order chi connectivity index (χ0) is 29.7. The number of hydrogen-bond acceptors (Lipinski definition) is 6. The van der Waals surface area contributed by atoms with Crippen LogP contribution in [0.25, 0.3) is 0 Å². The van der Waals surface area contributed by atoms with Crippen LogP contribution in [0, 0.1) is 6.92 Å². The second-order valence-corrected chi connectivity index (χ2v) is 11.7. The van der Waals surface area contributed by atoms with E-state index in [0.717, 1.165) is 5.56 Å². The van der Waals surface area contributed by atoms with Gasteiger partial charge < -0.3 is 19.7 Å². The lowest BCUT2D eigenvalue weighted by molar-refractivity contribution is -0.128. The van der Waals surface area contributed by atoms with Crippen molar-refractivity contribution in [1.82, 2.24) is 5.32 Å². The highest BCUT2D eigenvalue weighted by molar-refractivity contribution is 7.92. The van der Waals surface area contributed by atoms with Gasteiger partial charge in [-0.25, -0.2) is 8.42 Å². The lowest BCUT2D eigenvalue weighted by Gasteiger charge is -2.34. The number of rotatable bonds is 9. The number of carbonyl (C=O) groups is 2. The number of aryl methyl sites for hydroxylation is 1. The molecule has 0 spiro atoms. The fraction of sp³-hybridized carbons (Fsp3) is 0.161. The molecule has 5 rings (SSSR count). The van der Waals surface area contributed by atoms with Crippen molar-refractivity contribution in [3.63, 3.8) is 0 Å². The smallest absolute Gasteiger partial charge is 0.265 e. The summed E-state index contributed by atoms with van der Waals surface area (Å²) < 4.78 is 40.0. The number of benzene rings is 4. The number of amides is 2. The molecule has 0 unspecified atom stereocenters. The SMILES string of the molecule is Cc1cc(S(=O)(=O)Nc2ccc(Cl)cc2)ccc1OCC(=O)N1C[C@H](C(=O)NCc2ccccc2)Oc2ccccc21. The minimum atomic E-state index is -3.86. The monoisotopic (exact) mass is 605 g/mol. The average Bonchev–Trinajstić information content (AvgIpc) is 3.00. The lowest BCUT2D eigenvalue weighted by atomic mass is 10.1. The summed E-state index contributed by atoms with van der Waals surface area (Å²) in [6.45, 7) is 1.70. The number of nitrogens with one attached hydrogen (secondary N) is 2. The van der Waals surface area contributed by atoms with Crippen LogP contribution in [-0.2, 0) is 26.2 Å². The molecule has 0 aliphatic carbocycles. The number of ether oxygens (including phenoxy) is 2. The Kier molecular flexibility index (Phi) is 8.65. The molecule has 2 amide bonds. The lowest BCUT2D eigenvalue weighted by Crippen LogP contribution is -2.51. The summed E-state index contributed by atoms with van der Waals surface area (Å²) >= 11 is 5.88. The highest BCUT2D eigenvalue weighted by atomic mass is 35.5. The van der Waals surface area contributed by atoms with Crippen molar-refractivity contribution >= 4 is 44.8 Å². The maximum Gasteiger partial charge on any atom is 0.265 e. The third kappa shape index (κ3) is 6.84. The van der Waals surface area contributed by atoms with Crippen LogP contribution in [0.1, 0.15) is 11.1 Å². The molecule has 4 aromatic rings. The summed E-state index contributed by atoms with van der Waals surface area (Å²) in [7, 11) is -3.86. The third-order valence-electron chi connectivity index (χ3n) is 6.58. The molecule has 9 nitrogen and oxygen atoms in total. The number of nitrogens with zero attached hydrogens (tertiary/aromatic N) is 1. The molecule has 0 radical (unpaired) electrons. The van der Waals surface area contributed by atoms with E-state index in [4.69, 9.17) is 21.1 Å². The summed E-state index contributed by atoms with van der Waals surface area (Å²) in [6, 6.07) is 27.2. The Hall–Kier alpha value is -4.54. The molecule has 1 aliphatic rings. The Labute approximate surface area is 249 Å². The average molecular weight is 606 g/mol. The van der Waals surface area contributed by atoms with Crippen LogP contribution in [-0.4, -0.2) is 39.5 Å².